The first-order valence-electron chi connectivity index (χ1n) is 14.1. The molecule has 2 heterocycles. The number of methoxy groups -OCH3 is 1. The number of benzene rings is 3. The van der Waals surface area contributed by atoms with Crippen LogP contribution >= 0.6 is 11.3 Å². The summed E-state index contributed by atoms with van der Waals surface area (Å²) in [5, 5.41) is 0. The molecule has 222 valence electrons. The SMILES string of the molecule is CCOC(=O)C1=C(C)N=c2s/c(=C\c3cccc(OC)c3OCc3ccccc3)c(=O)n2[C@@H]1c1ccccc1OC(C)C. The molecule has 3 aromatic carbocycles. The number of hydrogen-bond donors (Lipinski definition) is 0. The second-order valence-corrected chi connectivity index (χ2v) is 11.2. The first kappa shape index (κ1) is 29.8. The highest BCUT2D eigenvalue weighted by atomic mass is 32.1. The lowest BCUT2D eigenvalue weighted by Gasteiger charge is -2.26. The maximum absolute atomic E-state index is 14.2. The molecular weight excluding hydrogens is 564 g/mol. The molecule has 4 aromatic rings. The number of carbonyl (C=O) groups is 1. The minimum absolute atomic E-state index is 0.115. The number of allylic oxidation sites excluding steroid dienone is 1. The average Bonchev–Trinajstić information content (AvgIpc) is 3.30. The highest BCUT2D eigenvalue weighted by Crippen LogP contribution is 2.36. The predicted octanol–water partition coefficient (Wildman–Crippen LogP) is 5.17. The predicted molar refractivity (Wildman–Crippen MR) is 166 cm³/mol. The Labute approximate surface area is 254 Å². The van der Waals surface area contributed by atoms with Gasteiger partial charge in [-0.05, 0) is 51.5 Å². The first-order valence-corrected chi connectivity index (χ1v) is 14.9. The van der Waals surface area contributed by atoms with Crippen molar-refractivity contribution in [2.75, 3.05) is 13.7 Å². The monoisotopic (exact) mass is 598 g/mol. The molecule has 0 saturated carbocycles. The van der Waals surface area contributed by atoms with Crippen molar-refractivity contribution < 1.29 is 23.7 Å². The van der Waals surface area contributed by atoms with Gasteiger partial charge in [0, 0.05) is 11.1 Å². The number of nitrogens with zero attached hydrogens (tertiary/aromatic N) is 2. The molecule has 0 saturated heterocycles. The Morgan fingerprint density at radius 2 is 1.74 bits per heavy atom. The number of carbonyl (C=O) groups excluding carboxylic acids is 1. The van der Waals surface area contributed by atoms with Gasteiger partial charge in [0.2, 0.25) is 0 Å². The molecule has 1 atom stereocenters. The summed E-state index contributed by atoms with van der Waals surface area (Å²) in [5.41, 5.74) is 2.86. The third-order valence-electron chi connectivity index (χ3n) is 6.84. The van der Waals surface area contributed by atoms with Gasteiger partial charge in [-0.1, -0.05) is 72.0 Å². The summed E-state index contributed by atoms with van der Waals surface area (Å²) in [6.45, 7) is 7.90. The summed E-state index contributed by atoms with van der Waals surface area (Å²) < 4.78 is 25.4. The van der Waals surface area contributed by atoms with Gasteiger partial charge < -0.3 is 18.9 Å². The summed E-state index contributed by atoms with van der Waals surface area (Å²) in [7, 11) is 1.58. The van der Waals surface area contributed by atoms with E-state index in [2.05, 4.69) is 0 Å². The van der Waals surface area contributed by atoms with E-state index in [4.69, 9.17) is 23.9 Å². The number of ether oxygens (including phenoxy) is 4. The highest BCUT2D eigenvalue weighted by molar-refractivity contribution is 7.07. The number of para-hydroxylation sites is 2. The van der Waals surface area contributed by atoms with Crippen LogP contribution < -0.4 is 29.1 Å². The van der Waals surface area contributed by atoms with Crippen LogP contribution in [0.4, 0.5) is 0 Å². The Morgan fingerprint density at radius 3 is 2.47 bits per heavy atom. The summed E-state index contributed by atoms with van der Waals surface area (Å²) in [4.78, 5) is 32.7. The van der Waals surface area contributed by atoms with Crippen molar-refractivity contribution in [1.82, 2.24) is 4.57 Å². The summed E-state index contributed by atoms with van der Waals surface area (Å²) in [6.07, 6.45) is 1.67. The molecule has 8 nitrogen and oxygen atoms in total. The van der Waals surface area contributed by atoms with Gasteiger partial charge in [0.1, 0.15) is 18.4 Å². The number of fused-ring (bicyclic) bond motifs is 1. The van der Waals surface area contributed by atoms with E-state index >= 15 is 0 Å². The molecule has 0 unspecified atom stereocenters. The first-order chi connectivity index (χ1) is 20.8. The molecular formula is C34H34N2O6S. The van der Waals surface area contributed by atoms with Gasteiger partial charge in [0.05, 0.1) is 35.6 Å². The molecule has 0 N–H and O–H groups in total. The quantitative estimate of drug-likeness (QED) is 0.234. The minimum Gasteiger partial charge on any atom is -0.493 e. The molecule has 1 aliphatic rings. The van der Waals surface area contributed by atoms with Crippen molar-refractivity contribution >= 4 is 23.4 Å². The smallest absolute Gasteiger partial charge is 0.338 e. The fraction of sp³-hybridized carbons (Fsp3) is 0.265. The normalized spacial score (nSPS) is 14.7. The topological polar surface area (TPSA) is 88.4 Å². The number of hydrogen-bond acceptors (Lipinski definition) is 8. The molecule has 0 aliphatic carbocycles. The lowest BCUT2D eigenvalue weighted by Crippen LogP contribution is -2.40. The number of esters is 1. The Morgan fingerprint density at radius 1 is 1.02 bits per heavy atom. The van der Waals surface area contributed by atoms with Crippen LogP contribution in [0.15, 0.2) is 93.9 Å². The molecule has 43 heavy (non-hydrogen) atoms. The van der Waals surface area contributed by atoms with E-state index < -0.39 is 12.0 Å². The zero-order valence-electron chi connectivity index (χ0n) is 24.8. The molecule has 1 aromatic heterocycles. The van der Waals surface area contributed by atoms with Crippen molar-refractivity contribution in [3.63, 3.8) is 0 Å². The van der Waals surface area contributed by atoms with E-state index in [0.717, 1.165) is 5.56 Å². The van der Waals surface area contributed by atoms with Crippen LogP contribution in [0.1, 0.15) is 50.4 Å². The van der Waals surface area contributed by atoms with Crippen LogP contribution in [-0.2, 0) is 16.1 Å². The lowest BCUT2D eigenvalue weighted by atomic mass is 9.95. The van der Waals surface area contributed by atoms with Gasteiger partial charge in [-0.2, -0.15) is 0 Å². The fourth-order valence-electron chi connectivity index (χ4n) is 4.99. The number of thiazole rings is 1. The standard InChI is InChI=1S/C34H34N2O6S/c1-6-40-33(38)29-22(4)35-34-36(30(29)25-16-10-11-17-26(25)42-21(2)3)32(37)28(43-34)19-24-15-12-18-27(39-5)31(24)41-20-23-13-8-7-9-14-23/h7-19,21,30H,6,20H2,1-5H3/b28-19-/t30-/m1/s1. The fourth-order valence-corrected chi connectivity index (χ4v) is 6.02. The lowest BCUT2D eigenvalue weighted by molar-refractivity contribution is -0.139. The Kier molecular flexibility index (Phi) is 9.11. The van der Waals surface area contributed by atoms with Crippen molar-refractivity contribution in [2.45, 2.75) is 46.4 Å². The van der Waals surface area contributed by atoms with Gasteiger partial charge in [0.15, 0.2) is 16.3 Å². The maximum Gasteiger partial charge on any atom is 0.338 e. The molecule has 0 radical (unpaired) electrons. The summed E-state index contributed by atoms with van der Waals surface area (Å²) in [6, 6.07) is 22.0. The van der Waals surface area contributed by atoms with Gasteiger partial charge in [-0.15, -0.1) is 0 Å². The molecule has 1 aliphatic heterocycles. The Hall–Kier alpha value is -4.63. The van der Waals surface area contributed by atoms with Crippen LogP contribution in [0.5, 0.6) is 17.2 Å². The molecule has 0 bridgehead atoms. The van der Waals surface area contributed by atoms with Gasteiger partial charge >= 0.3 is 5.97 Å². The Balaban J connectivity index is 1.68. The second-order valence-electron chi connectivity index (χ2n) is 10.2. The van der Waals surface area contributed by atoms with Crippen LogP contribution in [0.2, 0.25) is 0 Å². The zero-order chi connectivity index (χ0) is 30.5. The van der Waals surface area contributed by atoms with Crippen molar-refractivity contribution in [3.05, 3.63) is 120 Å². The molecule has 0 amide bonds. The average molecular weight is 599 g/mol. The van der Waals surface area contributed by atoms with E-state index in [-0.39, 0.29) is 18.3 Å². The third-order valence-corrected chi connectivity index (χ3v) is 7.82. The molecule has 0 spiro atoms. The minimum atomic E-state index is -0.786. The van der Waals surface area contributed by atoms with Crippen LogP contribution in [-0.4, -0.2) is 30.4 Å². The Bertz CT molecular complexity index is 1840. The van der Waals surface area contributed by atoms with Crippen molar-refractivity contribution in [2.24, 2.45) is 4.99 Å². The van der Waals surface area contributed by atoms with Gasteiger partial charge in [-0.3, -0.25) is 9.36 Å². The highest BCUT2D eigenvalue weighted by Gasteiger charge is 2.35. The number of rotatable bonds is 10. The zero-order valence-corrected chi connectivity index (χ0v) is 25.6. The third kappa shape index (κ3) is 6.27. The van der Waals surface area contributed by atoms with Crippen LogP contribution in [0, 0.1) is 0 Å². The van der Waals surface area contributed by atoms with Crippen molar-refractivity contribution in [3.8, 4) is 17.2 Å². The second kappa shape index (κ2) is 13.1. The van der Waals surface area contributed by atoms with E-state index in [1.165, 1.54) is 11.3 Å². The van der Waals surface area contributed by atoms with Crippen LogP contribution in [0.3, 0.4) is 0 Å². The van der Waals surface area contributed by atoms with E-state index in [1.807, 2.05) is 86.6 Å². The van der Waals surface area contributed by atoms with Crippen LogP contribution in [0.25, 0.3) is 6.08 Å². The van der Waals surface area contributed by atoms with E-state index in [9.17, 15) is 9.59 Å². The summed E-state index contributed by atoms with van der Waals surface area (Å²) >= 11 is 1.25. The van der Waals surface area contributed by atoms with E-state index in [0.29, 0.717) is 55.6 Å². The van der Waals surface area contributed by atoms with Gasteiger partial charge in [-0.25, -0.2) is 9.79 Å². The molecule has 5 rings (SSSR count). The van der Waals surface area contributed by atoms with E-state index in [1.54, 1.807) is 31.6 Å². The number of aromatic nitrogens is 1. The van der Waals surface area contributed by atoms with Crippen molar-refractivity contribution in [1.29, 1.82) is 0 Å². The largest absolute Gasteiger partial charge is 0.493 e. The summed E-state index contributed by atoms with van der Waals surface area (Å²) in [5.74, 6) is 1.13. The van der Waals surface area contributed by atoms with Gasteiger partial charge in [0.25, 0.3) is 5.56 Å². The molecule has 9 heteroatoms. The molecule has 0 fully saturated rings. The maximum atomic E-state index is 14.2.